The number of aliphatic hydroxyl groups is 1. The number of Topliss-reactive ketones (excluding diaryl/α,β-unsaturated/α-hetero) is 1. The van der Waals surface area contributed by atoms with Crippen molar-refractivity contribution in [2.45, 2.75) is 6.04 Å². The zero-order valence-electron chi connectivity index (χ0n) is 17.2. The lowest BCUT2D eigenvalue weighted by molar-refractivity contribution is -0.132. The van der Waals surface area contributed by atoms with Gasteiger partial charge >= 0.3 is 5.91 Å². The number of hydrogen-bond acceptors (Lipinski definition) is 7. The first kappa shape index (κ1) is 22.6. The van der Waals surface area contributed by atoms with E-state index in [1.165, 1.54) is 23.3 Å². The maximum Gasteiger partial charge on any atom is 0.301 e. The summed E-state index contributed by atoms with van der Waals surface area (Å²) < 4.78 is 33.5. The molecule has 1 unspecified atom stereocenters. The SMILES string of the molecule is COc1ccc(/C(O)=C2\C(=O)C(=O)N(c3nc4cc(F)c(F)cc4s3)C2c2cccs2)cc1Br. The van der Waals surface area contributed by atoms with Crippen LogP contribution in [0.15, 0.2) is 57.9 Å². The Morgan fingerprint density at radius 3 is 2.62 bits per heavy atom. The van der Waals surface area contributed by atoms with Gasteiger partial charge in [0.15, 0.2) is 16.8 Å². The van der Waals surface area contributed by atoms with Gasteiger partial charge in [-0.05, 0) is 51.6 Å². The number of methoxy groups -OCH3 is 1. The quantitative estimate of drug-likeness (QED) is 0.186. The average molecular weight is 563 g/mol. The van der Waals surface area contributed by atoms with Crippen molar-refractivity contribution in [2.75, 3.05) is 12.0 Å². The Kier molecular flexibility index (Phi) is 5.70. The normalized spacial score (nSPS) is 17.6. The van der Waals surface area contributed by atoms with Crippen LogP contribution in [0.1, 0.15) is 16.5 Å². The topological polar surface area (TPSA) is 79.7 Å². The van der Waals surface area contributed by atoms with Crippen LogP contribution in [0.4, 0.5) is 13.9 Å². The lowest BCUT2D eigenvalue weighted by Gasteiger charge is -2.21. The summed E-state index contributed by atoms with van der Waals surface area (Å²) in [6.07, 6.45) is 0. The largest absolute Gasteiger partial charge is 0.507 e. The van der Waals surface area contributed by atoms with Crippen LogP contribution in [-0.4, -0.2) is 28.9 Å². The molecule has 0 bridgehead atoms. The summed E-state index contributed by atoms with van der Waals surface area (Å²) in [5.74, 6) is -3.72. The molecule has 1 N–H and O–H groups in total. The Labute approximate surface area is 207 Å². The van der Waals surface area contributed by atoms with E-state index in [0.29, 0.717) is 25.4 Å². The van der Waals surface area contributed by atoms with E-state index in [1.54, 1.807) is 35.7 Å². The smallest absolute Gasteiger partial charge is 0.301 e. The van der Waals surface area contributed by atoms with E-state index >= 15 is 0 Å². The number of hydrogen-bond donors (Lipinski definition) is 1. The first-order valence-corrected chi connectivity index (χ1v) is 12.2. The zero-order chi connectivity index (χ0) is 24.1. The predicted octanol–water partition coefficient (Wildman–Crippen LogP) is 6.03. The van der Waals surface area contributed by atoms with Crippen molar-refractivity contribution in [1.82, 2.24) is 4.98 Å². The van der Waals surface area contributed by atoms with Gasteiger partial charge in [0.25, 0.3) is 5.78 Å². The molecule has 6 nitrogen and oxygen atoms in total. The molecular formula is C23H13BrF2N2O4S2. The molecule has 2 aromatic carbocycles. The number of carbonyl (C=O) groups is 2. The van der Waals surface area contributed by atoms with Crippen molar-refractivity contribution in [3.63, 3.8) is 0 Å². The van der Waals surface area contributed by atoms with Crippen molar-refractivity contribution >= 4 is 71.4 Å². The van der Waals surface area contributed by atoms with Crippen molar-refractivity contribution in [3.8, 4) is 5.75 Å². The summed E-state index contributed by atoms with van der Waals surface area (Å²) >= 11 is 5.61. The lowest BCUT2D eigenvalue weighted by atomic mass is 10.00. The van der Waals surface area contributed by atoms with Crippen LogP contribution >= 0.6 is 38.6 Å². The van der Waals surface area contributed by atoms with Gasteiger partial charge in [-0.15, -0.1) is 11.3 Å². The van der Waals surface area contributed by atoms with E-state index in [4.69, 9.17) is 4.74 Å². The highest BCUT2D eigenvalue weighted by molar-refractivity contribution is 9.10. The van der Waals surface area contributed by atoms with Gasteiger partial charge in [-0.2, -0.15) is 0 Å². The molecule has 1 aliphatic heterocycles. The minimum absolute atomic E-state index is 0.0930. The Morgan fingerprint density at radius 1 is 1.18 bits per heavy atom. The molecule has 1 amide bonds. The van der Waals surface area contributed by atoms with Gasteiger partial charge in [0, 0.05) is 16.5 Å². The third-order valence-corrected chi connectivity index (χ3v) is 7.87. The van der Waals surface area contributed by atoms with E-state index in [9.17, 15) is 23.5 Å². The molecule has 1 atom stereocenters. The van der Waals surface area contributed by atoms with E-state index in [1.807, 2.05) is 0 Å². The zero-order valence-corrected chi connectivity index (χ0v) is 20.4. The van der Waals surface area contributed by atoms with E-state index in [-0.39, 0.29) is 22.0 Å². The van der Waals surface area contributed by atoms with Gasteiger partial charge in [0.05, 0.1) is 27.4 Å². The van der Waals surface area contributed by atoms with Gasteiger partial charge in [0.1, 0.15) is 17.6 Å². The Balaban J connectivity index is 1.70. The molecule has 172 valence electrons. The second-order valence-corrected chi connectivity index (χ2v) is 10.1. The number of thiophene rings is 1. The van der Waals surface area contributed by atoms with Gasteiger partial charge in [-0.25, -0.2) is 13.8 Å². The number of fused-ring (bicyclic) bond motifs is 1. The average Bonchev–Trinajstić information content (AvgIpc) is 3.53. The fourth-order valence-electron chi connectivity index (χ4n) is 3.73. The Bertz CT molecular complexity index is 1460. The van der Waals surface area contributed by atoms with Crippen LogP contribution in [0.5, 0.6) is 5.75 Å². The molecule has 5 rings (SSSR count). The van der Waals surface area contributed by atoms with Crippen molar-refractivity contribution in [1.29, 1.82) is 0 Å². The number of carbonyl (C=O) groups excluding carboxylic acids is 2. The van der Waals surface area contributed by atoms with Gasteiger partial charge < -0.3 is 9.84 Å². The van der Waals surface area contributed by atoms with Crippen molar-refractivity contribution in [3.05, 3.63) is 80.0 Å². The van der Waals surface area contributed by atoms with Crippen molar-refractivity contribution < 1.29 is 28.2 Å². The number of rotatable bonds is 4. The number of aromatic nitrogens is 1. The molecule has 1 saturated heterocycles. The third-order valence-electron chi connectivity index (χ3n) is 5.31. The second kappa shape index (κ2) is 8.57. The number of thiazole rings is 1. The van der Waals surface area contributed by atoms with E-state index in [2.05, 4.69) is 20.9 Å². The molecule has 0 radical (unpaired) electrons. The number of anilines is 1. The van der Waals surface area contributed by atoms with Crippen LogP contribution in [-0.2, 0) is 9.59 Å². The highest BCUT2D eigenvalue weighted by Crippen LogP contribution is 2.46. The summed E-state index contributed by atoms with van der Waals surface area (Å²) in [5.41, 5.74) is 0.353. The highest BCUT2D eigenvalue weighted by atomic mass is 79.9. The number of halogens is 3. The number of ether oxygens (including phenoxy) is 1. The molecule has 11 heteroatoms. The van der Waals surface area contributed by atoms with Crippen LogP contribution in [0.2, 0.25) is 0 Å². The van der Waals surface area contributed by atoms with Gasteiger partial charge in [0.2, 0.25) is 0 Å². The van der Waals surface area contributed by atoms with Crippen LogP contribution in [0, 0.1) is 11.6 Å². The molecular weight excluding hydrogens is 550 g/mol. The Morgan fingerprint density at radius 2 is 1.94 bits per heavy atom. The number of nitrogens with zero attached hydrogens (tertiary/aromatic N) is 2. The van der Waals surface area contributed by atoms with Crippen molar-refractivity contribution in [2.24, 2.45) is 0 Å². The van der Waals surface area contributed by atoms with Crippen LogP contribution in [0.25, 0.3) is 16.0 Å². The first-order valence-electron chi connectivity index (χ1n) is 9.74. The molecule has 34 heavy (non-hydrogen) atoms. The fraction of sp³-hybridized carbons (Fsp3) is 0.0870. The fourth-order valence-corrected chi connectivity index (χ4v) is 6.09. The van der Waals surface area contributed by atoms with Gasteiger partial charge in [-0.1, -0.05) is 17.4 Å². The Hall–Kier alpha value is -3.15. The highest BCUT2D eigenvalue weighted by Gasteiger charge is 2.48. The number of benzene rings is 2. The molecule has 0 spiro atoms. The van der Waals surface area contributed by atoms with Crippen LogP contribution in [0.3, 0.4) is 0 Å². The molecule has 1 aliphatic rings. The number of amides is 1. The molecule has 2 aromatic heterocycles. The second-order valence-electron chi connectivity index (χ2n) is 7.26. The monoisotopic (exact) mass is 562 g/mol. The summed E-state index contributed by atoms with van der Waals surface area (Å²) in [7, 11) is 1.50. The molecule has 1 fully saturated rings. The van der Waals surface area contributed by atoms with Crippen LogP contribution < -0.4 is 9.64 Å². The molecule has 0 saturated carbocycles. The first-order chi connectivity index (χ1) is 16.3. The predicted molar refractivity (Wildman–Crippen MR) is 129 cm³/mol. The minimum atomic E-state index is -1.06. The molecule has 4 aromatic rings. The summed E-state index contributed by atoms with van der Waals surface area (Å²) in [6.45, 7) is 0. The van der Waals surface area contributed by atoms with E-state index < -0.39 is 29.4 Å². The molecule has 3 heterocycles. The third kappa shape index (κ3) is 3.60. The molecule has 0 aliphatic carbocycles. The summed E-state index contributed by atoms with van der Waals surface area (Å²) in [5, 5.41) is 13.0. The summed E-state index contributed by atoms with van der Waals surface area (Å²) in [6, 6.07) is 9.23. The number of ketones is 1. The standard InChI is InChI=1S/C23H13BrF2N2O4S2/c1-32-15-5-4-10(7-11(15)24)20(29)18-19(16-3-2-6-33-16)28(22(31)21(18)30)23-27-14-8-12(25)13(26)9-17(14)34-23/h2-9,19,29H,1H3/b20-18+. The lowest BCUT2D eigenvalue weighted by Crippen LogP contribution is -2.28. The maximum atomic E-state index is 13.7. The maximum absolute atomic E-state index is 13.7. The van der Waals surface area contributed by atoms with Gasteiger partial charge in [-0.3, -0.25) is 14.5 Å². The van der Waals surface area contributed by atoms with E-state index in [0.717, 1.165) is 23.5 Å². The number of aliphatic hydroxyl groups excluding tert-OH is 1. The summed E-state index contributed by atoms with van der Waals surface area (Å²) in [4.78, 5) is 32.4. The minimum Gasteiger partial charge on any atom is -0.507 e.